The van der Waals surface area contributed by atoms with Gasteiger partial charge in [0.25, 0.3) is 5.91 Å². The fourth-order valence-corrected chi connectivity index (χ4v) is 5.29. The third kappa shape index (κ3) is 4.00. The lowest BCUT2D eigenvalue weighted by Crippen LogP contribution is -2.28. The molecule has 2 N–H and O–H groups in total. The molecule has 28 heavy (non-hydrogen) atoms. The van der Waals surface area contributed by atoms with E-state index < -0.39 is 21.9 Å². The topological polar surface area (TPSA) is 104 Å². The van der Waals surface area contributed by atoms with Gasteiger partial charge in [0, 0.05) is 13.1 Å². The van der Waals surface area contributed by atoms with E-state index >= 15 is 0 Å². The average Bonchev–Trinajstić information content (AvgIpc) is 3.17. The fourth-order valence-electron chi connectivity index (χ4n) is 2.94. The van der Waals surface area contributed by atoms with Crippen molar-refractivity contribution < 1.29 is 23.1 Å². The molecule has 0 aliphatic carbocycles. The van der Waals surface area contributed by atoms with Crippen LogP contribution in [0.25, 0.3) is 0 Å². The second-order valence-corrected chi connectivity index (χ2v) is 8.90. The molecule has 3 rings (SSSR count). The number of para-hydroxylation sites is 1. The first-order valence-electron chi connectivity index (χ1n) is 8.34. The number of carbonyl (C=O) groups excluding carboxylic acids is 1. The molecule has 1 saturated heterocycles. The average molecular weight is 443 g/mol. The van der Waals surface area contributed by atoms with Gasteiger partial charge in [-0.2, -0.15) is 4.31 Å². The summed E-state index contributed by atoms with van der Waals surface area (Å²) >= 11 is 12.2. The summed E-state index contributed by atoms with van der Waals surface area (Å²) in [5.41, 5.74) is -0.162. The molecule has 1 aliphatic heterocycles. The van der Waals surface area contributed by atoms with E-state index in [1.807, 2.05) is 0 Å². The van der Waals surface area contributed by atoms with Crippen molar-refractivity contribution in [2.75, 3.05) is 18.4 Å². The first kappa shape index (κ1) is 20.6. The smallest absolute Gasteiger partial charge is 0.337 e. The second-order valence-electron chi connectivity index (χ2n) is 6.18. The maximum Gasteiger partial charge on any atom is 0.337 e. The molecule has 2 aromatic carbocycles. The number of hydrogen-bond acceptors (Lipinski definition) is 4. The molecule has 148 valence electrons. The molecule has 1 amide bonds. The number of hydrogen-bond donors (Lipinski definition) is 2. The zero-order valence-corrected chi connectivity index (χ0v) is 16.8. The van der Waals surface area contributed by atoms with Gasteiger partial charge in [-0.1, -0.05) is 35.3 Å². The highest BCUT2D eigenvalue weighted by Gasteiger charge is 2.30. The van der Waals surface area contributed by atoms with Crippen LogP contribution >= 0.6 is 23.2 Å². The van der Waals surface area contributed by atoms with E-state index in [2.05, 4.69) is 5.32 Å². The van der Waals surface area contributed by atoms with Gasteiger partial charge in [-0.15, -0.1) is 0 Å². The first-order chi connectivity index (χ1) is 13.2. The summed E-state index contributed by atoms with van der Waals surface area (Å²) in [7, 11) is -3.87. The molecule has 1 heterocycles. The Labute approximate surface area is 171 Å². The molecule has 1 fully saturated rings. The van der Waals surface area contributed by atoms with Gasteiger partial charge in [0.15, 0.2) is 0 Å². The van der Waals surface area contributed by atoms with Crippen molar-refractivity contribution in [3.63, 3.8) is 0 Å². The van der Waals surface area contributed by atoms with Crippen LogP contribution in [0.3, 0.4) is 0 Å². The van der Waals surface area contributed by atoms with Gasteiger partial charge in [-0.05, 0) is 37.1 Å². The van der Waals surface area contributed by atoms with Crippen molar-refractivity contribution in [1.82, 2.24) is 4.31 Å². The third-order valence-corrected chi connectivity index (χ3v) is 7.03. The zero-order valence-electron chi connectivity index (χ0n) is 14.5. The number of amides is 1. The number of anilines is 1. The molecule has 0 atom stereocenters. The monoisotopic (exact) mass is 442 g/mol. The fraction of sp³-hybridized carbons (Fsp3) is 0.222. The van der Waals surface area contributed by atoms with E-state index in [0.29, 0.717) is 13.1 Å². The van der Waals surface area contributed by atoms with E-state index in [1.165, 1.54) is 28.6 Å². The molecule has 0 spiro atoms. The van der Waals surface area contributed by atoms with Gasteiger partial charge >= 0.3 is 5.97 Å². The first-order valence-corrected chi connectivity index (χ1v) is 10.5. The predicted octanol–water partition coefficient (Wildman–Crippen LogP) is 3.73. The lowest BCUT2D eigenvalue weighted by Gasteiger charge is -2.18. The van der Waals surface area contributed by atoms with Crippen LogP contribution in [0.1, 0.15) is 33.6 Å². The number of carboxylic acid groups (broad SMARTS) is 1. The molecule has 10 heteroatoms. The van der Waals surface area contributed by atoms with Crippen LogP contribution in [0.4, 0.5) is 5.69 Å². The van der Waals surface area contributed by atoms with E-state index in [4.69, 9.17) is 23.2 Å². The number of aromatic carboxylic acids is 1. The number of halogens is 2. The molecular formula is C18H16Cl2N2O5S. The number of nitrogens with zero attached hydrogens (tertiary/aromatic N) is 1. The summed E-state index contributed by atoms with van der Waals surface area (Å²) in [6.07, 6.45) is 1.51. The molecule has 0 saturated carbocycles. The molecule has 0 aromatic heterocycles. The Bertz CT molecular complexity index is 1050. The van der Waals surface area contributed by atoms with Crippen molar-refractivity contribution in [1.29, 1.82) is 0 Å². The quantitative estimate of drug-likeness (QED) is 0.733. The van der Waals surface area contributed by atoms with Crippen molar-refractivity contribution in [3.8, 4) is 0 Å². The van der Waals surface area contributed by atoms with Crippen LogP contribution in [-0.4, -0.2) is 42.8 Å². The highest BCUT2D eigenvalue weighted by atomic mass is 35.5. The minimum absolute atomic E-state index is 0.0457. The Morgan fingerprint density at radius 2 is 1.64 bits per heavy atom. The van der Waals surface area contributed by atoms with Gasteiger partial charge in [-0.25, -0.2) is 13.2 Å². The minimum Gasteiger partial charge on any atom is -0.478 e. The second kappa shape index (κ2) is 8.08. The summed E-state index contributed by atoms with van der Waals surface area (Å²) in [5.74, 6) is -1.95. The van der Waals surface area contributed by atoms with Gasteiger partial charge in [-0.3, -0.25) is 4.79 Å². The van der Waals surface area contributed by atoms with Gasteiger partial charge in [0.2, 0.25) is 10.0 Å². The highest BCUT2D eigenvalue weighted by molar-refractivity contribution is 7.89. The number of benzene rings is 2. The number of carbonyl (C=O) groups is 2. The van der Waals surface area contributed by atoms with Crippen molar-refractivity contribution in [2.24, 2.45) is 0 Å². The summed E-state index contributed by atoms with van der Waals surface area (Å²) < 4.78 is 27.0. The minimum atomic E-state index is -3.87. The van der Waals surface area contributed by atoms with Crippen molar-refractivity contribution in [3.05, 3.63) is 57.6 Å². The third-order valence-electron chi connectivity index (χ3n) is 4.35. The van der Waals surface area contributed by atoms with Gasteiger partial charge < -0.3 is 10.4 Å². The Balaban J connectivity index is 1.99. The molecular weight excluding hydrogens is 427 g/mol. The summed E-state index contributed by atoms with van der Waals surface area (Å²) in [5, 5.41) is 11.6. The lowest BCUT2D eigenvalue weighted by molar-refractivity contribution is 0.0698. The standard InChI is InChI=1S/C18H16Cl2N2O5S/c19-13-10-14(20)16(28(26,27)22-7-3-4-8-22)9-12(13)17(23)21-15-6-2-1-5-11(15)18(24)25/h1-2,5-6,9-10H,3-4,7-8H2,(H,21,23)(H,24,25). The Morgan fingerprint density at radius 1 is 1.00 bits per heavy atom. The zero-order chi connectivity index (χ0) is 20.5. The van der Waals surface area contributed by atoms with Crippen LogP contribution in [0.2, 0.25) is 10.0 Å². The largest absolute Gasteiger partial charge is 0.478 e. The predicted molar refractivity (Wildman–Crippen MR) is 106 cm³/mol. The molecule has 0 bridgehead atoms. The number of sulfonamides is 1. The van der Waals surface area contributed by atoms with Gasteiger partial charge in [0.05, 0.1) is 26.9 Å². The maximum absolute atomic E-state index is 12.8. The molecule has 7 nitrogen and oxygen atoms in total. The van der Waals surface area contributed by atoms with E-state index in [1.54, 1.807) is 6.07 Å². The summed E-state index contributed by atoms with van der Waals surface area (Å²) in [6.45, 7) is 0.767. The SMILES string of the molecule is O=C(Nc1ccccc1C(=O)O)c1cc(S(=O)(=O)N2CCCC2)c(Cl)cc1Cl. The van der Waals surface area contributed by atoms with Crippen LogP contribution in [0, 0.1) is 0 Å². The van der Waals surface area contributed by atoms with E-state index in [-0.39, 0.29) is 31.8 Å². The van der Waals surface area contributed by atoms with Crippen LogP contribution in [-0.2, 0) is 10.0 Å². The number of rotatable bonds is 5. The van der Waals surface area contributed by atoms with E-state index in [0.717, 1.165) is 18.9 Å². The Morgan fingerprint density at radius 3 is 2.29 bits per heavy atom. The van der Waals surface area contributed by atoms with Crippen molar-refractivity contribution in [2.45, 2.75) is 17.7 Å². The van der Waals surface area contributed by atoms with Crippen LogP contribution < -0.4 is 5.32 Å². The number of carboxylic acids is 1. The van der Waals surface area contributed by atoms with Gasteiger partial charge in [0.1, 0.15) is 4.90 Å². The summed E-state index contributed by atoms with van der Waals surface area (Å²) in [6, 6.07) is 8.17. The van der Waals surface area contributed by atoms with Crippen LogP contribution in [0.5, 0.6) is 0 Å². The molecule has 2 aromatic rings. The molecule has 1 aliphatic rings. The maximum atomic E-state index is 12.8. The number of nitrogens with one attached hydrogen (secondary N) is 1. The molecule has 0 unspecified atom stereocenters. The van der Waals surface area contributed by atoms with Crippen LogP contribution in [0.15, 0.2) is 41.3 Å². The molecule has 0 radical (unpaired) electrons. The Hall–Kier alpha value is -2.13. The normalized spacial score (nSPS) is 14.8. The van der Waals surface area contributed by atoms with E-state index in [9.17, 15) is 23.1 Å². The van der Waals surface area contributed by atoms with Crippen molar-refractivity contribution >= 4 is 50.8 Å². The highest BCUT2D eigenvalue weighted by Crippen LogP contribution is 2.32. The summed E-state index contributed by atoms with van der Waals surface area (Å²) in [4.78, 5) is 23.8. The lowest BCUT2D eigenvalue weighted by atomic mass is 10.1. The Kier molecular flexibility index (Phi) is 5.95.